The number of hydrogen-bond acceptors (Lipinski definition) is 5. The van der Waals surface area contributed by atoms with Crippen LogP contribution in [0.25, 0.3) is 0 Å². The molecule has 1 N–H and O–H groups in total. The largest absolute Gasteiger partial charge is 0.395 e. The van der Waals surface area contributed by atoms with Gasteiger partial charge in [-0.15, -0.1) is 0 Å². The highest BCUT2D eigenvalue weighted by Crippen LogP contribution is 2.20. The topological polar surface area (TPSA) is 79.0 Å². The lowest BCUT2D eigenvalue weighted by Crippen LogP contribution is -2.25. The maximum absolute atomic E-state index is 10.6. The Balaban J connectivity index is 2.06. The minimum absolute atomic E-state index is 0.0649. The van der Waals surface area contributed by atoms with E-state index in [0.29, 0.717) is 6.54 Å². The number of non-ortho nitro benzene ring substituents is 1. The zero-order chi connectivity index (χ0) is 16.7. The summed E-state index contributed by atoms with van der Waals surface area (Å²) in [6.07, 6.45) is 1.67. The van der Waals surface area contributed by atoms with Crippen LogP contribution < -0.4 is 4.90 Å². The third-order valence-electron chi connectivity index (χ3n) is 3.43. The minimum atomic E-state index is -0.425. The van der Waals surface area contributed by atoms with Gasteiger partial charge in [0.05, 0.1) is 17.2 Å². The fourth-order valence-electron chi connectivity index (χ4n) is 2.17. The third-order valence-corrected chi connectivity index (χ3v) is 3.43. The maximum atomic E-state index is 10.6. The number of rotatable bonds is 7. The quantitative estimate of drug-likeness (QED) is 0.484. The van der Waals surface area contributed by atoms with E-state index in [4.69, 9.17) is 5.11 Å². The summed E-state index contributed by atoms with van der Waals surface area (Å²) in [5, 5.41) is 19.6. The van der Waals surface area contributed by atoms with Crippen molar-refractivity contribution in [3.8, 4) is 0 Å². The fraction of sp³-hybridized carbons (Fsp3) is 0.235. The van der Waals surface area contributed by atoms with Gasteiger partial charge in [0.1, 0.15) is 0 Å². The Hall–Kier alpha value is -2.73. The van der Waals surface area contributed by atoms with Gasteiger partial charge in [-0.05, 0) is 48.9 Å². The summed E-state index contributed by atoms with van der Waals surface area (Å²) in [6, 6.07) is 14.0. The molecule has 0 fully saturated rings. The number of nitrogens with zero attached hydrogens (tertiary/aromatic N) is 3. The van der Waals surface area contributed by atoms with E-state index in [2.05, 4.69) is 9.89 Å². The lowest BCUT2D eigenvalue weighted by Gasteiger charge is -2.21. The third kappa shape index (κ3) is 4.62. The second kappa shape index (κ2) is 8.05. The Kier molecular flexibility index (Phi) is 5.82. The van der Waals surface area contributed by atoms with Gasteiger partial charge in [-0.2, -0.15) is 0 Å². The summed E-state index contributed by atoms with van der Waals surface area (Å²) in [4.78, 5) is 16.6. The molecule has 0 aromatic heterocycles. The van der Waals surface area contributed by atoms with Gasteiger partial charge >= 0.3 is 0 Å². The van der Waals surface area contributed by atoms with Gasteiger partial charge in [0.15, 0.2) is 0 Å². The Bertz CT molecular complexity index is 666. The average Bonchev–Trinajstić information content (AvgIpc) is 2.59. The highest BCUT2D eigenvalue weighted by atomic mass is 16.6. The minimum Gasteiger partial charge on any atom is -0.395 e. The molecule has 0 aliphatic carbocycles. The van der Waals surface area contributed by atoms with Crippen molar-refractivity contribution < 1.29 is 10.0 Å². The molecule has 0 saturated carbocycles. The van der Waals surface area contributed by atoms with Crippen LogP contribution in [0, 0.1) is 10.1 Å². The van der Waals surface area contributed by atoms with Crippen molar-refractivity contribution in [2.24, 2.45) is 4.99 Å². The molecule has 0 aliphatic rings. The number of hydrogen-bond donors (Lipinski definition) is 1. The fourth-order valence-corrected chi connectivity index (χ4v) is 2.17. The standard InChI is InChI=1S/C17H19N3O3/c1-2-19(11-12-21)16-9-5-15(6-10-16)18-13-14-3-7-17(8-4-14)20(22)23/h3-10,13,21H,2,11-12H2,1H3. The van der Waals surface area contributed by atoms with E-state index in [1.165, 1.54) is 12.1 Å². The number of aliphatic hydroxyl groups is 1. The van der Waals surface area contributed by atoms with E-state index in [1.54, 1.807) is 18.3 Å². The van der Waals surface area contributed by atoms with E-state index >= 15 is 0 Å². The van der Waals surface area contributed by atoms with Crippen molar-refractivity contribution in [3.05, 3.63) is 64.2 Å². The van der Waals surface area contributed by atoms with Gasteiger partial charge in [0.25, 0.3) is 5.69 Å². The van der Waals surface area contributed by atoms with Crippen LogP contribution >= 0.6 is 0 Å². The summed E-state index contributed by atoms with van der Waals surface area (Å²) in [6.45, 7) is 3.58. The molecule has 2 rings (SSSR count). The van der Waals surface area contributed by atoms with Crippen LogP contribution in [-0.2, 0) is 0 Å². The van der Waals surface area contributed by atoms with E-state index in [1.807, 2.05) is 31.2 Å². The number of aliphatic imine (C=N–C) groups is 1. The van der Waals surface area contributed by atoms with Crippen molar-refractivity contribution in [2.75, 3.05) is 24.6 Å². The molecule has 0 radical (unpaired) electrons. The highest BCUT2D eigenvalue weighted by Gasteiger charge is 2.04. The second-order valence-corrected chi connectivity index (χ2v) is 4.93. The predicted octanol–water partition coefficient (Wildman–Crippen LogP) is 3.16. The Morgan fingerprint density at radius 2 is 1.83 bits per heavy atom. The molecule has 2 aromatic carbocycles. The predicted molar refractivity (Wildman–Crippen MR) is 91.8 cm³/mol. The van der Waals surface area contributed by atoms with Gasteiger partial charge in [0.2, 0.25) is 0 Å². The van der Waals surface area contributed by atoms with Crippen LogP contribution in [0.3, 0.4) is 0 Å². The molecule has 6 nitrogen and oxygen atoms in total. The first kappa shape index (κ1) is 16.6. The molecule has 6 heteroatoms. The van der Waals surface area contributed by atoms with Crippen molar-refractivity contribution >= 4 is 23.3 Å². The zero-order valence-corrected chi connectivity index (χ0v) is 12.9. The van der Waals surface area contributed by atoms with Crippen LogP contribution in [0.15, 0.2) is 53.5 Å². The lowest BCUT2D eigenvalue weighted by molar-refractivity contribution is -0.384. The first-order valence-corrected chi connectivity index (χ1v) is 7.38. The van der Waals surface area contributed by atoms with Crippen LogP contribution in [0.4, 0.5) is 17.1 Å². The molecule has 0 atom stereocenters. The number of likely N-dealkylation sites (N-methyl/N-ethyl adjacent to an activating group) is 1. The first-order valence-electron chi connectivity index (χ1n) is 7.38. The molecule has 23 heavy (non-hydrogen) atoms. The summed E-state index contributed by atoms with van der Waals surface area (Å²) in [5.41, 5.74) is 2.70. The van der Waals surface area contributed by atoms with E-state index in [0.717, 1.165) is 23.5 Å². The van der Waals surface area contributed by atoms with E-state index in [-0.39, 0.29) is 12.3 Å². The first-order chi connectivity index (χ1) is 11.1. The number of benzene rings is 2. The smallest absolute Gasteiger partial charge is 0.269 e. The normalized spacial score (nSPS) is 10.9. The monoisotopic (exact) mass is 313 g/mol. The number of nitro groups is 1. The number of aliphatic hydroxyl groups excluding tert-OH is 1. The Labute approximate surface area is 134 Å². The van der Waals surface area contributed by atoms with Crippen LogP contribution in [0.2, 0.25) is 0 Å². The molecule has 0 bridgehead atoms. The summed E-state index contributed by atoms with van der Waals surface area (Å²) in [5.74, 6) is 0. The van der Waals surface area contributed by atoms with Crippen molar-refractivity contribution in [3.63, 3.8) is 0 Å². The van der Waals surface area contributed by atoms with Gasteiger partial charge in [-0.1, -0.05) is 0 Å². The van der Waals surface area contributed by atoms with Crippen molar-refractivity contribution in [1.82, 2.24) is 0 Å². The molecular weight excluding hydrogens is 294 g/mol. The van der Waals surface area contributed by atoms with Crippen LogP contribution in [0.1, 0.15) is 12.5 Å². The Morgan fingerprint density at radius 3 is 2.35 bits per heavy atom. The number of anilines is 1. The molecular formula is C17H19N3O3. The molecule has 0 saturated heterocycles. The van der Waals surface area contributed by atoms with Crippen molar-refractivity contribution in [1.29, 1.82) is 0 Å². The molecule has 0 aliphatic heterocycles. The molecule has 0 heterocycles. The molecule has 0 amide bonds. The van der Waals surface area contributed by atoms with Crippen molar-refractivity contribution in [2.45, 2.75) is 6.92 Å². The number of nitro benzene ring substituents is 1. The summed E-state index contributed by atoms with van der Waals surface area (Å²) >= 11 is 0. The molecule has 0 spiro atoms. The van der Waals surface area contributed by atoms with Gasteiger partial charge in [-0.25, -0.2) is 0 Å². The summed E-state index contributed by atoms with van der Waals surface area (Å²) < 4.78 is 0. The van der Waals surface area contributed by atoms with Crippen LogP contribution in [-0.4, -0.2) is 35.9 Å². The lowest BCUT2D eigenvalue weighted by atomic mass is 10.2. The molecule has 0 unspecified atom stereocenters. The van der Waals surface area contributed by atoms with E-state index < -0.39 is 4.92 Å². The molecule has 2 aromatic rings. The van der Waals surface area contributed by atoms with Gasteiger partial charge in [-0.3, -0.25) is 15.1 Å². The summed E-state index contributed by atoms with van der Waals surface area (Å²) in [7, 11) is 0. The molecule has 120 valence electrons. The average molecular weight is 313 g/mol. The van der Waals surface area contributed by atoms with E-state index in [9.17, 15) is 10.1 Å². The zero-order valence-electron chi connectivity index (χ0n) is 12.9. The second-order valence-electron chi connectivity index (χ2n) is 4.93. The van der Waals surface area contributed by atoms with Gasteiger partial charge < -0.3 is 10.0 Å². The SMILES string of the molecule is CCN(CCO)c1ccc(N=Cc2ccc([N+](=O)[O-])cc2)cc1. The highest BCUT2D eigenvalue weighted by molar-refractivity contribution is 5.82. The van der Waals surface area contributed by atoms with Gasteiger partial charge in [0, 0.05) is 37.1 Å². The Morgan fingerprint density at radius 1 is 1.17 bits per heavy atom. The van der Waals surface area contributed by atoms with Crippen LogP contribution in [0.5, 0.6) is 0 Å². The maximum Gasteiger partial charge on any atom is 0.269 e.